The molecule has 102 valence electrons. The fourth-order valence-corrected chi connectivity index (χ4v) is 2.03. The molecule has 3 rings (SSSR count). The van der Waals surface area contributed by atoms with E-state index in [1.807, 2.05) is 0 Å². The molecule has 0 unspecified atom stereocenters. The van der Waals surface area contributed by atoms with E-state index in [1.165, 1.54) is 6.20 Å². The van der Waals surface area contributed by atoms with Crippen molar-refractivity contribution in [3.8, 4) is 0 Å². The molecule has 5 nitrogen and oxygen atoms in total. The van der Waals surface area contributed by atoms with Crippen LogP contribution < -0.4 is 5.32 Å². The minimum atomic E-state index is -0.944. The van der Waals surface area contributed by atoms with Crippen molar-refractivity contribution in [1.29, 1.82) is 0 Å². The van der Waals surface area contributed by atoms with E-state index in [1.54, 1.807) is 6.20 Å². The summed E-state index contributed by atoms with van der Waals surface area (Å²) in [5, 5.41) is 9.70. The predicted molar refractivity (Wildman–Crippen MR) is 73.1 cm³/mol. The van der Waals surface area contributed by atoms with Crippen LogP contribution in [0.4, 0.5) is 14.6 Å². The van der Waals surface area contributed by atoms with Gasteiger partial charge >= 0.3 is 0 Å². The van der Waals surface area contributed by atoms with Gasteiger partial charge in [0.05, 0.1) is 40.1 Å². The van der Waals surface area contributed by atoms with Gasteiger partial charge in [-0.1, -0.05) is 0 Å². The molecule has 2 N–H and O–H groups in total. The molecule has 0 bridgehead atoms. The van der Waals surface area contributed by atoms with Gasteiger partial charge in [-0.15, -0.1) is 0 Å². The molecule has 0 radical (unpaired) electrons. The number of aromatic nitrogens is 4. The van der Waals surface area contributed by atoms with Gasteiger partial charge < -0.3 is 5.32 Å². The Balaban J connectivity index is 1.85. The van der Waals surface area contributed by atoms with Gasteiger partial charge in [0.25, 0.3) is 0 Å². The maximum absolute atomic E-state index is 13.2. The molecular formula is C12H8BrF2N5. The molecule has 2 aromatic heterocycles. The van der Waals surface area contributed by atoms with Crippen LogP contribution >= 0.6 is 15.9 Å². The molecule has 0 saturated carbocycles. The van der Waals surface area contributed by atoms with Crippen molar-refractivity contribution in [3.05, 3.63) is 46.3 Å². The lowest BCUT2D eigenvalue weighted by Crippen LogP contribution is -2.03. The van der Waals surface area contributed by atoms with Crippen LogP contribution in [-0.4, -0.2) is 20.2 Å². The number of nitrogens with zero attached hydrogens (tertiary/aromatic N) is 3. The smallest absolute Gasteiger partial charge is 0.161 e. The summed E-state index contributed by atoms with van der Waals surface area (Å²) < 4.78 is 27.1. The van der Waals surface area contributed by atoms with Gasteiger partial charge in [-0.25, -0.2) is 13.8 Å². The average Bonchev–Trinajstić information content (AvgIpc) is 2.83. The Morgan fingerprint density at radius 1 is 1.15 bits per heavy atom. The van der Waals surface area contributed by atoms with E-state index in [0.717, 1.165) is 22.3 Å². The first-order valence-electron chi connectivity index (χ1n) is 5.67. The average molecular weight is 340 g/mol. The molecule has 0 aliphatic carbocycles. The molecule has 0 spiro atoms. The minimum Gasteiger partial charge on any atom is -0.363 e. The number of anilines is 1. The Bertz CT molecular complexity index is 774. The van der Waals surface area contributed by atoms with Crippen LogP contribution in [0.15, 0.2) is 29.0 Å². The number of rotatable bonds is 3. The zero-order chi connectivity index (χ0) is 14.1. The second-order valence-corrected chi connectivity index (χ2v) is 4.91. The Hall–Kier alpha value is -2.09. The number of aromatic amines is 1. The summed E-state index contributed by atoms with van der Waals surface area (Å²) in [4.78, 5) is 8.21. The van der Waals surface area contributed by atoms with Crippen molar-refractivity contribution in [1.82, 2.24) is 20.2 Å². The van der Waals surface area contributed by atoms with E-state index in [4.69, 9.17) is 0 Å². The maximum Gasteiger partial charge on any atom is 0.161 e. The van der Waals surface area contributed by atoms with Crippen LogP contribution in [0, 0.1) is 11.6 Å². The van der Waals surface area contributed by atoms with Gasteiger partial charge in [-0.05, 0) is 15.9 Å². The molecule has 0 saturated heterocycles. The summed E-state index contributed by atoms with van der Waals surface area (Å²) in [6.07, 6.45) is 3.10. The number of nitrogens with one attached hydrogen (secondary N) is 2. The fourth-order valence-electron chi connectivity index (χ4n) is 1.69. The van der Waals surface area contributed by atoms with Gasteiger partial charge in [0.2, 0.25) is 0 Å². The molecule has 0 atom stereocenters. The quantitative estimate of drug-likeness (QED) is 0.769. The third-order valence-corrected chi connectivity index (χ3v) is 3.38. The highest BCUT2D eigenvalue weighted by atomic mass is 79.9. The van der Waals surface area contributed by atoms with Gasteiger partial charge in [-0.3, -0.25) is 10.1 Å². The topological polar surface area (TPSA) is 66.5 Å². The lowest BCUT2D eigenvalue weighted by atomic mass is 10.3. The van der Waals surface area contributed by atoms with E-state index in [0.29, 0.717) is 17.9 Å². The molecule has 0 fully saturated rings. The highest BCUT2D eigenvalue weighted by molar-refractivity contribution is 9.10. The summed E-state index contributed by atoms with van der Waals surface area (Å²) in [5.41, 5.74) is 1.44. The molecule has 20 heavy (non-hydrogen) atoms. The summed E-state index contributed by atoms with van der Waals surface area (Å²) in [6, 6.07) is 2.04. The number of benzene rings is 1. The number of fused-ring (bicyclic) bond motifs is 1. The Kier molecular flexibility index (Phi) is 3.31. The highest BCUT2D eigenvalue weighted by Crippen LogP contribution is 2.18. The van der Waals surface area contributed by atoms with E-state index in [-0.39, 0.29) is 5.52 Å². The lowest BCUT2D eigenvalue weighted by molar-refractivity contribution is 0.510. The zero-order valence-electron chi connectivity index (χ0n) is 9.99. The van der Waals surface area contributed by atoms with Crippen LogP contribution in [0.2, 0.25) is 0 Å². The van der Waals surface area contributed by atoms with Crippen molar-refractivity contribution in [2.75, 3.05) is 5.32 Å². The number of hydrogen-bond acceptors (Lipinski definition) is 4. The Morgan fingerprint density at radius 2 is 1.90 bits per heavy atom. The van der Waals surface area contributed by atoms with Crippen LogP contribution in [0.1, 0.15) is 5.69 Å². The molecule has 0 aliphatic heterocycles. The van der Waals surface area contributed by atoms with Gasteiger partial charge in [0.1, 0.15) is 5.82 Å². The number of hydrogen-bond donors (Lipinski definition) is 2. The van der Waals surface area contributed by atoms with Crippen molar-refractivity contribution in [2.45, 2.75) is 6.54 Å². The predicted octanol–water partition coefficient (Wildman–Crippen LogP) is 3.01. The van der Waals surface area contributed by atoms with Crippen molar-refractivity contribution >= 4 is 32.8 Å². The van der Waals surface area contributed by atoms with Gasteiger partial charge in [-0.2, -0.15) is 5.10 Å². The monoisotopic (exact) mass is 339 g/mol. The van der Waals surface area contributed by atoms with Crippen molar-refractivity contribution in [2.24, 2.45) is 0 Å². The first-order chi connectivity index (χ1) is 9.63. The summed E-state index contributed by atoms with van der Waals surface area (Å²) >= 11 is 3.34. The summed E-state index contributed by atoms with van der Waals surface area (Å²) in [7, 11) is 0. The van der Waals surface area contributed by atoms with E-state index in [9.17, 15) is 8.78 Å². The number of halogens is 3. The standard InChI is InChI=1S/C12H8BrF2N5/c13-6-3-18-20-11(6)4-17-12-5-16-9-1-7(14)8(15)2-10(9)19-12/h1-3,5H,4H2,(H,17,19)(H,18,20). The number of H-pyrrole nitrogens is 1. The molecule has 0 amide bonds. The van der Waals surface area contributed by atoms with Crippen molar-refractivity contribution in [3.63, 3.8) is 0 Å². The summed E-state index contributed by atoms with van der Waals surface area (Å²) in [5.74, 6) is -1.42. The Labute approximate surface area is 120 Å². The van der Waals surface area contributed by atoms with Crippen LogP contribution in [0.3, 0.4) is 0 Å². The minimum absolute atomic E-state index is 0.289. The fraction of sp³-hybridized carbons (Fsp3) is 0.0833. The molecular weight excluding hydrogens is 332 g/mol. The third-order valence-electron chi connectivity index (χ3n) is 2.70. The lowest BCUT2D eigenvalue weighted by Gasteiger charge is -2.05. The van der Waals surface area contributed by atoms with Gasteiger partial charge in [0.15, 0.2) is 11.6 Å². The third kappa shape index (κ3) is 2.46. The van der Waals surface area contributed by atoms with E-state index < -0.39 is 11.6 Å². The maximum atomic E-state index is 13.2. The first kappa shape index (κ1) is 12.9. The van der Waals surface area contributed by atoms with E-state index in [2.05, 4.69) is 41.4 Å². The normalized spacial score (nSPS) is 10.9. The second kappa shape index (κ2) is 5.12. The van der Waals surface area contributed by atoms with Crippen molar-refractivity contribution < 1.29 is 8.78 Å². The highest BCUT2D eigenvalue weighted by Gasteiger charge is 2.07. The summed E-state index contributed by atoms with van der Waals surface area (Å²) in [6.45, 7) is 0.449. The Morgan fingerprint density at radius 3 is 2.60 bits per heavy atom. The van der Waals surface area contributed by atoms with E-state index >= 15 is 0 Å². The molecule has 2 heterocycles. The molecule has 3 aromatic rings. The largest absolute Gasteiger partial charge is 0.363 e. The van der Waals surface area contributed by atoms with Gasteiger partial charge in [0, 0.05) is 12.1 Å². The SMILES string of the molecule is Fc1cc2ncc(NCc3[nH]ncc3Br)nc2cc1F. The molecule has 0 aliphatic rings. The second-order valence-electron chi connectivity index (χ2n) is 4.06. The molecule has 8 heteroatoms. The molecule has 1 aromatic carbocycles. The zero-order valence-corrected chi connectivity index (χ0v) is 11.6. The first-order valence-corrected chi connectivity index (χ1v) is 6.46. The van der Waals surface area contributed by atoms with Crippen LogP contribution in [0.25, 0.3) is 11.0 Å². The van der Waals surface area contributed by atoms with Crippen LogP contribution in [0.5, 0.6) is 0 Å². The van der Waals surface area contributed by atoms with Crippen LogP contribution in [-0.2, 0) is 6.54 Å².